The van der Waals surface area contributed by atoms with Gasteiger partial charge in [-0.25, -0.2) is 4.79 Å². The van der Waals surface area contributed by atoms with E-state index in [0.29, 0.717) is 17.2 Å². The monoisotopic (exact) mass is 346 g/mol. The van der Waals surface area contributed by atoms with E-state index in [9.17, 15) is 4.79 Å². The number of ether oxygens (including phenoxy) is 2. The number of benzene rings is 1. The number of carbonyl (C=O) groups is 1. The molecule has 0 aliphatic carbocycles. The summed E-state index contributed by atoms with van der Waals surface area (Å²) >= 11 is 0. The van der Waals surface area contributed by atoms with Crippen LogP contribution in [0.5, 0.6) is 11.5 Å². The molecule has 7 nitrogen and oxygen atoms in total. The number of urea groups is 1. The molecule has 1 aromatic carbocycles. The molecule has 25 heavy (non-hydrogen) atoms. The maximum Gasteiger partial charge on any atom is 0.319 e. The second-order valence-electron chi connectivity index (χ2n) is 5.98. The number of rotatable bonds is 7. The lowest BCUT2D eigenvalue weighted by Crippen LogP contribution is -2.31. The highest BCUT2D eigenvalue weighted by Gasteiger charge is 2.14. The van der Waals surface area contributed by atoms with Crippen LogP contribution in [0.15, 0.2) is 30.6 Å². The van der Waals surface area contributed by atoms with E-state index in [2.05, 4.69) is 15.7 Å². The van der Waals surface area contributed by atoms with Crippen molar-refractivity contribution >= 4 is 11.7 Å². The largest absolute Gasteiger partial charge is 0.493 e. The van der Waals surface area contributed by atoms with Crippen molar-refractivity contribution in [3.8, 4) is 11.5 Å². The van der Waals surface area contributed by atoms with Crippen LogP contribution < -0.4 is 20.1 Å². The van der Waals surface area contributed by atoms with Gasteiger partial charge in [-0.05, 0) is 45.4 Å². The molecule has 7 heteroatoms. The molecule has 1 aromatic heterocycles. The first-order chi connectivity index (χ1) is 11.9. The van der Waals surface area contributed by atoms with Crippen LogP contribution in [0.3, 0.4) is 0 Å². The van der Waals surface area contributed by atoms with Crippen LogP contribution in [-0.2, 0) is 6.54 Å². The number of aryl methyl sites for hydroxylation is 1. The summed E-state index contributed by atoms with van der Waals surface area (Å²) in [6, 6.07) is 5.17. The zero-order valence-corrected chi connectivity index (χ0v) is 15.4. The first-order valence-corrected chi connectivity index (χ1v) is 8.37. The molecule has 2 N–H and O–H groups in total. The molecule has 0 fully saturated rings. The van der Waals surface area contributed by atoms with Crippen molar-refractivity contribution in [2.75, 3.05) is 12.4 Å². The average molecular weight is 346 g/mol. The van der Waals surface area contributed by atoms with Crippen molar-refractivity contribution in [1.82, 2.24) is 15.1 Å². The van der Waals surface area contributed by atoms with E-state index in [1.807, 2.05) is 45.9 Å². The maximum absolute atomic E-state index is 12.1. The average Bonchev–Trinajstić information content (AvgIpc) is 3.01. The molecule has 2 rings (SSSR count). The number of aromatic nitrogens is 2. The lowest BCUT2D eigenvalue weighted by molar-refractivity contribution is 0.230. The predicted octanol–water partition coefficient (Wildman–Crippen LogP) is 3.58. The Morgan fingerprint density at radius 1 is 1.28 bits per heavy atom. The standard InChI is InChI=1S/C18H26N4O3/c1-6-22-11-15(10-19-22)21-18(23)20-13(4)14-7-8-16(25-12(2)3)17(9-14)24-5/h7-13H,6H2,1-5H3,(H2,20,21,23)/t13-/m0/s1. The van der Waals surface area contributed by atoms with Gasteiger partial charge in [0.05, 0.1) is 31.1 Å². The van der Waals surface area contributed by atoms with Crippen molar-refractivity contribution in [1.29, 1.82) is 0 Å². The van der Waals surface area contributed by atoms with E-state index in [4.69, 9.17) is 9.47 Å². The summed E-state index contributed by atoms with van der Waals surface area (Å²) in [6.07, 6.45) is 3.46. The van der Waals surface area contributed by atoms with Gasteiger partial charge in [0.2, 0.25) is 0 Å². The molecule has 2 aromatic rings. The van der Waals surface area contributed by atoms with Gasteiger partial charge in [-0.15, -0.1) is 0 Å². The van der Waals surface area contributed by atoms with Gasteiger partial charge in [0.15, 0.2) is 11.5 Å². The fourth-order valence-electron chi connectivity index (χ4n) is 2.35. The minimum Gasteiger partial charge on any atom is -0.493 e. The summed E-state index contributed by atoms with van der Waals surface area (Å²) in [5.74, 6) is 1.33. The van der Waals surface area contributed by atoms with Gasteiger partial charge in [-0.3, -0.25) is 4.68 Å². The summed E-state index contributed by atoms with van der Waals surface area (Å²) in [5.41, 5.74) is 1.58. The Balaban J connectivity index is 2.01. The van der Waals surface area contributed by atoms with Gasteiger partial charge >= 0.3 is 6.03 Å². The molecular formula is C18H26N4O3. The highest BCUT2D eigenvalue weighted by Crippen LogP contribution is 2.31. The third-order valence-corrected chi connectivity index (χ3v) is 3.61. The predicted molar refractivity (Wildman–Crippen MR) is 97.2 cm³/mol. The van der Waals surface area contributed by atoms with Gasteiger partial charge in [0.25, 0.3) is 0 Å². The van der Waals surface area contributed by atoms with Crippen LogP contribution in [0, 0.1) is 0 Å². The minimum absolute atomic E-state index is 0.0603. The SMILES string of the molecule is CCn1cc(NC(=O)N[C@@H](C)c2ccc(OC(C)C)c(OC)c2)cn1. The third kappa shape index (κ3) is 5.14. The number of hydrogen-bond acceptors (Lipinski definition) is 4. The zero-order valence-electron chi connectivity index (χ0n) is 15.4. The van der Waals surface area contributed by atoms with E-state index < -0.39 is 0 Å². The molecule has 1 atom stereocenters. The number of anilines is 1. The zero-order chi connectivity index (χ0) is 18.4. The Bertz CT molecular complexity index is 712. The van der Waals surface area contributed by atoms with Gasteiger partial charge in [0.1, 0.15) is 0 Å². The molecule has 0 saturated heterocycles. The number of nitrogens with one attached hydrogen (secondary N) is 2. The topological polar surface area (TPSA) is 77.4 Å². The molecule has 2 amide bonds. The van der Waals surface area contributed by atoms with E-state index in [0.717, 1.165) is 12.1 Å². The molecule has 0 saturated carbocycles. The summed E-state index contributed by atoms with van der Waals surface area (Å²) in [5, 5.41) is 9.80. The molecule has 0 unspecified atom stereocenters. The highest BCUT2D eigenvalue weighted by molar-refractivity contribution is 5.89. The molecular weight excluding hydrogens is 320 g/mol. The fraction of sp³-hybridized carbons (Fsp3) is 0.444. The summed E-state index contributed by atoms with van der Waals surface area (Å²) in [6.45, 7) is 8.57. The second kappa shape index (κ2) is 8.41. The van der Waals surface area contributed by atoms with E-state index in [-0.39, 0.29) is 18.2 Å². The number of amides is 2. The Hall–Kier alpha value is -2.70. The quantitative estimate of drug-likeness (QED) is 0.803. The Labute approximate surface area is 148 Å². The molecule has 136 valence electrons. The van der Waals surface area contributed by atoms with Crippen molar-refractivity contribution < 1.29 is 14.3 Å². The van der Waals surface area contributed by atoms with E-state index in [1.165, 1.54) is 0 Å². The lowest BCUT2D eigenvalue weighted by Gasteiger charge is -2.18. The molecule has 0 radical (unpaired) electrons. The first kappa shape index (κ1) is 18.6. The Morgan fingerprint density at radius 3 is 2.64 bits per heavy atom. The van der Waals surface area contributed by atoms with Crippen LogP contribution in [0.4, 0.5) is 10.5 Å². The summed E-state index contributed by atoms with van der Waals surface area (Å²) < 4.78 is 12.8. The van der Waals surface area contributed by atoms with Crippen LogP contribution in [0.25, 0.3) is 0 Å². The first-order valence-electron chi connectivity index (χ1n) is 8.37. The second-order valence-corrected chi connectivity index (χ2v) is 5.98. The lowest BCUT2D eigenvalue weighted by atomic mass is 10.1. The van der Waals surface area contributed by atoms with Crippen molar-refractivity contribution in [2.24, 2.45) is 0 Å². The molecule has 0 spiro atoms. The molecule has 0 bridgehead atoms. The van der Waals surface area contributed by atoms with E-state index >= 15 is 0 Å². The molecule has 0 aliphatic heterocycles. The van der Waals surface area contributed by atoms with Crippen LogP contribution in [-0.4, -0.2) is 29.0 Å². The minimum atomic E-state index is -0.287. The number of hydrogen-bond donors (Lipinski definition) is 2. The van der Waals surface area contributed by atoms with Gasteiger partial charge < -0.3 is 20.1 Å². The number of carbonyl (C=O) groups excluding carboxylic acids is 1. The van der Waals surface area contributed by atoms with Crippen molar-refractivity contribution in [3.05, 3.63) is 36.2 Å². The Morgan fingerprint density at radius 2 is 2.04 bits per heavy atom. The van der Waals surface area contributed by atoms with E-state index in [1.54, 1.807) is 24.2 Å². The number of methoxy groups -OCH3 is 1. The third-order valence-electron chi connectivity index (χ3n) is 3.61. The van der Waals surface area contributed by atoms with Gasteiger partial charge in [-0.1, -0.05) is 6.07 Å². The van der Waals surface area contributed by atoms with Crippen LogP contribution in [0.2, 0.25) is 0 Å². The normalized spacial score (nSPS) is 11.9. The highest BCUT2D eigenvalue weighted by atomic mass is 16.5. The molecule has 0 aliphatic rings. The van der Waals surface area contributed by atoms with Crippen LogP contribution >= 0.6 is 0 Å². The smallest absolute Gasteiger partial charge is 0.319 e. The van der Waals surface area contributed by atoms with Gasteiger partial charge in [0, 0.05) is 12.7 Å². The van der Waals surface area contributed by atoms with Crippen molar-refractivity contribution in [2.45, 2.75) is 46.4 Å². The Kier molecular flexibility index (Phi) is 6.27. The summed E-state index contributed by atoms with van der Waals surface area (Å²) in [7, 11) is 1.60. The van der Waals surface area contributed by atoms with Gasteiger partial charge in [-0.2, -0.15) is 5.10 Å². The van der Waals surface area contributed by atoms with Crippen LogP contribution in [0.1, 0.15) is 39.3 Å². The molecule has 1 heterocycles. The number of nitrogens with zero attached hydrogens (tertiary/aromatic N) is 2. The summed E-state index contributed by atoms with van der Waals surface area (Å²) in [4.78, 5) is 12.1. The maximum atomic E-state index is 12.1. The fourth-order valence-corrected chi connectivity index (χ4v) is 2.35. The van der Waals surface area contributed by atoms with Crippen molar-refractivity contribution in [3.63, 3.8) is 0 Å².